The van der Waals surface area contributed by atoms with Crippen LogP contribution in [-0.2, 0) is 0 Å². The molecule has 0 saturated carbocycles. The second-order valence-corrected chi connectivity index (χ2v) is 3.86. The average Bonchev–Trinajstić information content (AvgIpc) is 1.85. The molecule has 1 rings (SSSR count). The summed E-state index contributed by atoms with van der Waals surface area (Å²) in [6.45, 7) is 7.69. The van der Waals surface area contributed by atoms with Crippen LogP contribution in [0, 0.1) is 0 Å². The maximum atomic E-state index is 9.35. The van der Waals surface area contributed by atoms with Crippen LogP contribution in [0.3, 0.4) is 0 Å². The Bertz CT molecular complexity index is 125. The highest BCUT2D eigenvalue weighted by Gasteiger charge is 2.25. The van der Waals surface area contributed by atoms with E-state index in [9.17, 15) is 5.11 Å². The van der Waals surface area contributed by atoms with Crippen molar-refractivity contribution in [2.24, 2.45) is 0 Å². The Balaban J connectivity index is 2.44. The van der Waals surface area contributed by atoms with Gasteiger partial charge in [-0.1, -0.05) is 0 Å². The molecule has 0 aliphatic carbocycles. The third kappa shape index (κ3) is 2.17. The summed E-state index contributed by atoms with van der Waals surface area (Å²) in [4.78, 5) is 2.45. The fraction of sp³-hybridized carbons (Fsp3) is 1.00. The molecule has 1 saturated heterocycles. The van der Waals surface area contributed by atoms with Crippen molar-refractivity contribution in [2.45, 2.75) is 51.8 Å². The van der Waals surface area contributed by atoms with Crippen molar-refractivity contribution in [3.63, 3.8) is 0 Å². The molecular formula is C9H19NO. The average molecular weight is 157 g/mol. The van der Waals surface area contributed by atoms with Crippen LogP contribution in [0.15, 0.2) is 0 Å². The van der Waals surface area contributed by atoms with Gasteiger partial charge in [0.25, 0.3) is 0 Å². The van der Waals surface area contributed by atoms with E-state index in [1.807, 2.05) is 0 Å². The summed E-state index contributed by atoms with van der Waals surface area (Å²) in [5.41, 5.74) is 0. The van der Waals surface area contributed by atoms with E-state index in [0.717, 1.165) is 19.4 Å². The maximum absolute atomic E-state index is 9.35. The highest BCUT2D eigenvalue weighted by atomic mass is 16.3. The van der Waals surface area contributed by atoms with Gasteiger partial charge in [-0.3, -0.25) is 4.90 Å². The van der Waals surface area contributed by atoms with Crippen LogP contribution in [0.5, 0.6) is 0 Å². The van der Waals surface area contributed by atoms with Crippen molar-refractivity contribution >= 4 is 0 Å². The SMILES string of the molecule is CC(C)N1CC[C@@H](O)C[C@H]1C. The molecule has 0 aromatic rings. The van der Waals surface area contributed by atoms with Gasteiger partial charge in [0.2, 0.25) is 0 Å². The van der Waals surface area contributed by atoms with Crippen LogP contribution in [0.4, 0.5) is 0 Å². The first-order chi connectivity index (χ1) is 5.11. The molecule has 0 amide bonds. The van der Waals surface area contributed by atoms with Crippen molar-refractivity contribution < 1.29 is 5.11 Å². The lowest BCUT2D eigenvalue weighted by atomic mass is 9.99. The first-order valence-electron chi connectivity index (χ1n) is 4.55. The molecule has 66 valence electrons. The molecule has 1 heterocycles. The molecule has 1 aliphatic rings. The first kappa shape index (κ1) is 9.01. The van der Waals surface area contributed by atoms with Gasteiger partial charge >= 0.3 is 0 Å². The van der Waals surface area contributed by atoms with E-state index < -0.39 is 0 Å². The fourth-order valence-electron chi connectivity index (χ4n) is 1.93. The van der Waals surface area contributed by atoms with Crippen LogP contribution in [-0.4, -0.2) is 34.7 Å². The van der Waals surface area contributed by atoms with Crippen molar-refractivity contribution in [3.8, 4) is 0 Å². The monoisotopic (exact) mass is 157 g/mol. The number of aliphatic hydroxyl groups excluding tert-OH is 1. The molecule has 0 bridgehead atoms. The van der Waals surface area contributed by atoms with Crippen molar-refractivity contribution in [2.75, 3.05) is 6.54 Å². The highest BCUT2D eigenvalue weighted by Crippen LogP contribution is 2.18. The van der Waals surface area contributed by atoms with E-state index >= 15 is 0 Å². The molecule has 0 unspecified atom stereocenters. The molecule has 0 aromatic heterocycles. The van der Waals surface area contributed by atoms with Gasteiger partial charge in [0.05, 0.1) is 6.10 Å². The van der Waals surface area contributed by atoms with Crippen molar-refractivity contribution in [3.05, 3.63) is 0 Å². The summed E-state index contributed by atoms with van der Waals surface area (Å²) in [6, 6.07) is 1.18. The molecule has 2 nitrogen and oxygen atoms in total. The molecule has 0 spiro atoms. The smallest absolute Gasteiger partial charge is 0.0567 e. The van der Waals surface area contributed by atoms with Crippen molar-refractivity contribution in [1.82, 2.24) is 4.90 Å². The normalized spacial score (nSPS) is 34.6. The van der Waals surface area contributed by atoms with Gasteiger partial charge in [-0.15, -0.1) is 0 Å². The molecule has 0 aromatic carbocycles. The molecule has 1 N–H and O–H groups in total. The summed E-state index contributed by atoms with van der Waals surface area (Å²) in [6.07, 6.45) is 1.83. The second-order valence-electron chi connectivity index (χ2n) is 3.86. The van der Waals surface area contributed by atoms with Gasteiger partial charge in [0.1, 0.15) is 0 Å². The fourth-order valence-corrected chi connectivity index (χ4v) is 1.93. The lowest BCUT2D eigenvalue weighted by molar-refractivity contribution is 0.0323. The number of piperidine rings is 1. The van der Waals surface area contributed by atoms with E-state index in [1.165, 1.54) is 0 Å². The third-order valence-electron chi connectivity index (χ3n) is 2.56. The summed E-state index contributed by atoms with van der Waals surface area (Å²) in [5, 5.41) is 9.35. The minimum atomic E-state index is -0.0556. The highest BCUT2D eigenvalue weighted by molar-refractivity contribution is 4.80. The Morgan fingerprint density at radius 3 is 2.55 bits per heavy atom. The minimum absolute atomic E-state index is 0.0556. The predicted octanol–water partition coefficient (Wildman–Crippen LogP) is 1.24. The van der Waals surface area contributed by atoms with Crippen LogP contribution in [0.1, 0.15) is 33.6 Å². The summed E-state index contributed by atoms with van der Waals surface area (Å²) < 4.78 is 0. The lowest BCUT2D eigenvalue weighted by Gasteiger charge is -2.38. The number of hydrogen-bond acceptors (Lipinski definition) is 2. The van der Waals surface area contributed by atoms with Gasteiger partial charge in [-0.2, -0.15) is 0 Å². The lowest BCUT2D eigenvalue weighted by Crippen LogP contribution is -2.46. The zero-order valence-electron chi connectivity index (χ0n) is 7.75. The largest absolute Gasteiger partial charge is 0.393 e. The Morgan fingerprint density at radius 2 is 2.09 bits per heavy atom. The van der Waals surface area contributed by atoms with Gasteiger partial charge in [-0.25, -0.2) is 0 Å². The van der Waals surface area contributed by atoms with E-state index in [1.54, 1.807) is 0 Å². The Kier molecular flexibility index (Phi) is 2.90. The van der Waals surface area contributed by atoms with E-state index in [0.29, 0.717) is 12.1 Å². The van der Waals surface area contributed by atoms with Gasteiger partial charge in [0.15, 0.2) is 0 Å². The summed E-state index contributed by atoms with van der Waals surface area (Å²) >= 11 is 0. The zero-order chi connectivity index (χ0) is 8.43. The number of nitrogens with zero attached hydrogens (tertiary/aromatic N) is 1. The molecule has 2 atom stereocenters. The Morgan fingerprint density at radius 1 is 1.45 bits per heavy atom. The Labute approximate surface area is 69.2 Å². The van der Waals surface area contributed by atoms with E-state index in [-0.39, 0.29) is 6.10 Å². The number of aliphatic hydroxyl groups is 1. The van der Waals surface area contributed by atoms with Crippen LogP contribution >= 0.6 is 0 Å². The molecule has 1 aliphatic heterocycles. The molecule has 1 fully saturated rings. The number of likely N-dealkylation sites (tertiary alicyclic amines) is 1. The maximum Gasteiger partial charge on any atom is 0.0567 e. The minimum Gasteiger partial charge on any atom is -0.393 e. The zero-order valence-corrected chi connectivity index (χ0v) is 7.75. The number of rotatable bonds is 1. The van der Waals surface area contributed by atoms with Crippen LogP contribution < -0.4 is 0 Å². The predicted molar refractivity (Wildman–Crippen MR) is 46.5 cm³/mol. The molecule has 0 radical (unpaired) electrons. The summed E-state index contributed by atoms with van der Waals surface area (Å²) in [5.74, 6) is 0. The second kappa shape index (κ2) is 3.55. The first-order valence-corrected chi connectivity index (χ1v) is 4.55. The number of hydrogen-bond donors (Lipinski definition) is 1. The van der Waals surface area contributed by atoms with Crippen LogP contribution in [0.2, 0.25) is 0 Å². The molecule has 11 heavy (non-hydrogen) atoms. The third-order valence-corrected chi connectivity index (χ3v) is 2.56. The van der Waals surface area contributed by atoms with Crippen LogP contribution in [0.25, 0.3) is 0 Å². The van der Waals surface area contributed by atoms with E-state index in [4.69, 9.17) is 0 Å². The van der Waals surface area contributed by atoms with Gasteiger partial charge in [-0.05, 0) is 33.6 Å². The quantitative estimate of drug-likeness (QED) is 0.619. The standard InChI is InChI=1S/C9H19NO/c1-7(2)10-5-4-9(11)6-8(10)3/h7-9,11H,4-6H2,1-3H3/t8-,9-/m1/s1. The van der Waals surface area contributed by atoms with Gasteiger partial charge in [0, 0.05) is 18.6 Å². The topological polar surface area (TPSA) is 23.5 Å². The summed E-state index contributed by atoms with van der Waals surface area (Å²) in [7, 11) is 0. The molecule has 2 heteroatoms. The van der Waals surface area contributed by atoms with E-state index in [2.05, 4.69) is 25.7 Å². The molecular weight excluding hydrogens is 138 g/mol. The van der Waals surface area contributed by atoms with Crippen molar-refractivity contribution in [1.29, 1.82) is 0 Å². The van der Waals surface area contributed by atoms with Gasteiger partial charge < -0.3 is 5.11 Å². The Hall–Kier alpha value is -0.0800.